The molecule has 4 heterocycles. The molecular formula is C23H25N3OS. The van der Waals surface area contributed by atoms with Gasteiger partial charge in [0, 0.05) is 35.9 Å². The highest BCUT2D eigenvalue weighted by molar-refractivity contribution is 7.15. The van der Waals surface area contributed by atoms with Crippen molar-refractivity contribution >= 4 is 28.1 Å². The molecule has 28 heavy (non-hydrogen) atoms. The predicted molar refractivity (Wildman–Crippen MR) is 115 cm³/mol. The van der Waals surface area contributed by atoms with Crippen molar-refractivity contribution in [3.8, 4) is 10.6 Å². The molecule has 3 aromatic rings. The highest BCUT2D eigenvalue weighted by Crippen LogP contribution is 2.32. The standard InChI is InChI=1S/C23H25N3OS/c1-15-5-3-7-18-19(13-20(24-22(15)18)21-9-8-16(2)28-21)23(27)26-12-11-25-10-4-6-17(25)14-26/h3,5,7-9,13,17H,4,6,10-12,14H2,1-2H3/t17-/m1/s1. The molecule has 0 bridgehead atoms. The van der Waals surface area contributed by atoms with Gasteiger partial charge in [0.15, 0.2) is 0 Å². The molecule has 0 radical (unpaired) electrons. The topological polar surface area (TPSA) is 36.4 Å². The Balaban J connectivity index is 1.59. The first-order chi connectivity index (χ1) is 13.6. The van der Waals surface area contributed by atoms with Gasteiger partial charge in [-0.3, -0.25) is 9.69 Å². The number of fused-ring (bicyclic) bond motifs is 2. The third-order valence-electron chi connectivity index (χ3n) is 6.14. The molecule has 4 nitrogen and oxygen atoms in total. The molecular weight excluding hydrogens is 366 g/mol. The number of aryl methyl sites for hydroxylation is 2. The van der Waals surface area contributed by atoms with Crippen molar-refractivity contribution in [1.82, 2.24) is 14.8 Å². The molecule has 2 aliphatic rings. The largest absolute Gasteiger partial charge is 0.336 e. The first-order valence-electron chi connectivity index (χ1n) is 10.1. The third kappa shape index (κ3) is 3.03. The summed E-state index contributed by atoms with van der Waals surface area (Å²) in [6.07, 6.45) is 2.46. The number of amides is 1. The second-order valence-corrected chi connectivity index (χ2v) is 9.31. The lowest BCUT2D eigenvalue weighted by Gasteiger charge is -2.37. The van der Waals surface area contributed by atoms with Gasteiger partial charge in [-0.2, -0.15) is 0 Å². The molecule has 2 fully saturated rings. The second-order valence-electron chi connectivity index (χ2n) is 8.02. The van der Waals surface area contributed by atoms with Gasteiger partial charge in [0.05, 0.1) is 21.7 Å². The lowest BCUT2D eigenvalue weighted by molar-refractivity contribution is 0.0573. The lowest BCUT2D eigenvalue weighted by Crippen LogP contribution is -2.52. The van der Waals surface area contributed by atoms with Gasteiger partial charge in [0.1, 0.15) is 0 Å². The number of hydrogen-bond acceptors (Lipinski definition) is 4. The van der Waals surface area contributed by atoms with E-state index in [0.717, 1.165) is 52.2 Å². The highest BCUT2D eigenvalue weighted by Gasteiger charge is 2.33. The van der Waals surface area contributed by atoms with Crippen LogP contribution in [0.1, 0.15) is 33.6 Å². The van der Waals surface area contributed by atoms with Crippen LogP contribution >= 0.6 is 11.3 Å². The predicted octanol–water partition coefficient (Wildman–Crippen LogP) is 4.50. The summed E-state index contributed by atoms with van der Waals surface area (Å²) in [6, 6.07) is 12.9. The Hall–Kier alpha value is -2.24. The van der Waals surface area contributed by atoms with E-state index in [-0.39, 0.29) is 5.91 Å². The number of nitrogens with zero attached hydrogens (tertiary/aromatic N) is 3. The van der Waals surface area contributed by atoms with Gasteiger partial charge in [-0.1, -0.05) is 18.2 Å². The van der Waals surface area contributed by atoms with E-state index in [4.69, 9.17) is 4.98 Å². The van der Waals surface area contributed by atoms with Crippen molar-refractivity contribution < 1.29 is 4.79 Å². The van der Waals surface area contributed by atoms with Crippen LogP contribution in [0.3, 0.4) is 0 Å². The Morgan fingerprint density at radius 1 is 1.14 bits per heavy atom. The molecule has 0 N–H and O–H groups in total. The summed E-state index contributed by atoms with van der Waals surface area (Å²) >= 11 is 1.73. The highest BCUT2D eigenvalue weighted by atomic mass is 32.1. The fourth-order valence-electron chi connectivity index (χ4n) is 4.61. The number of pyridine rings is 1. The van der Waals surface area contributed by atoms with Gasteiger partial charge < -0.3 is 4.90 Å². The number of aromatic nitrogens is 1. The molecule has 0 spiro atoms. The van der Waals surface area contributed by atoms with E-state index in [0.29, 0.717) is 6.04 Å². The first-order valence-corrected chi connectivity index (χ1v) is 10.9. The van der Waals surface area contributed by atoms with Crippen LogP contribution in [0.15, 0.2) is 36.4 Å². The summed E-state index contributed by atoms with van der Waals surface area (Å²) in [4.78, 5) is 25.5. The van der Waals surface area contributed by atoms with E-state index in [1.165, 1.54) is 24.3 Å². The van der Waals surface area contributed by atoms with Gasteiger partial charge in [-0.25, -0.2) is 4.98 Å². The number of thiophene rings is 1. The summed E-state index contributed by atoms with van der Waals surface area (Å²) in [5.74, 6) is 0.152. The van der Waals surface area contributed by atoms with Crippen molar-refractivity contribution in [1.29, 1.82) is 0 Å². The molecule has 1 aromatic carbocycles. The van der Waals surface area contributed by atoms with E-state index >= 15 is 0 Å². The van der Waals surface area contributed by atoms with E-state index in [2.05, 4.69) is 41.8 Å². The molecule has 2 aliphatic heterocycles. The number of piperazine rings is 1. The molecule has 0 unspecified atom stereocenters. The Kier molecular flexibility index (Phi) is 4.44. The van der Waals surface area contributed by atoms with Gasteiger partial charge in [0.25, 0.3) is 5.91 Å². The normalized spacial score (nSPS) is 19.9. The monoisotopic (exact) mass is 391 g/mol. The zero-order chi connectivity index (χ0) is 19.3. The van der Waals surface area contributed by atoms with Crippen molar-refractivity contribution in [2.45, 2.75) is 32.7 Å². The van der Waals surface area contributed by atoms with Crippen LogP contribution < -0.4 is 0 Å². The van der Waals surface area contributed by atoms with Crippen LogP contribution in [0.2, 0.25) is 0 Å². The van der Waals surface area contributed by atoms with Crippen molar-refractivity contribution in [2.24, 2.45) is 0 Å². The van der Waals surface area contributed by atoms with Crippen LogP contribution in [0.25, 0.3) is 21.5 Å². The maximum Gasteiger partial charge on any atom is 0.254 e. The average molecular weight is 392 g/mol. The number of benzene rings is 1. The number of carbonyl (C=O) groups excluding carboxylic acids is 1. The molecule has 5 heteroatoms. The van der Waals surface area contributed by atoms with Crippen molar-refractivity contribution in [3.05, 3.63) is 52.4 Å². The van der Waals surface area contributed by atoms with E-state index in [9.17, 15) is 4.79 Å². The van der Waals surface area contributed by atoms with Gasteiger partial charge in [-0.15, -0.1) is 11.3 Å². The Morgan fingerprint density at radius 2 is 2.04 bits per heavy atom. The Morgan fingerprint density at radius 3 is 2.86 bits per heavy atom. The minimum atomic E-state index is 0.152. The molecule has 2 aromatic heterocycles. The number of para-hydroxylation sites is 1. The molecule has 1 atom stereocenters. The van der Waals surface area contributed by atoms with Crippen molar-refractivity contribution in [3.63, 3.8) is 0 Å². The maximum atomic E-state index is 13.6. The van der Waals surface area contributed by atoms with E-state index < -0.39 is 0 Å². The van der Waals surface area contributed by atoms with Gasteiger partial charge in [-0.05, 0) is 57.0 Å². The Labute approximate surface area is 169 Å². The minimum Gasteiger partial charge on any atom is -0.336 e. The molecule has 0 saturated carbocycles. The molecule has 2 saturated heterocycles. The third-order valence-corrected chi connectivity index (χ3v) is 7.16. The molecule has 5 rings (SSSR count). The zero-order valence-electron chi connectivity index (χ0n) is 16.4. The van der Waals surface area contributed by atoms with Gasteiger partial charge >= 0.3 is 0 Å². The number of rotatable bonds is 2. The van der Waals surface area contributed by atoms with Crippen LogP contribution in [0.5, 0.6) is 0 Å². The average Bonchev–Trinajstić information content (AvgIpc) is 3.35. The summed E-state index contributed by atoms with van der Waals surface area (Å²) in [6.45, 7) is 8.03. The second kappa shape index (κ2) is 6.98. The SMILES string of the molecule is Cc1ccc(-c2cc(C(=O)N3CCN4CCC[C@@H]4C3)c3cccc(C)c3n2)s1. The molecule has 144 valence electrons. The lowest BCUT2D eigenvalue weighted by atomic mass is 10.0. The van der Waals surface area contributed by atoms with Crippen LogP contribution in [0, 0.1) is 13.8 Å². The summed E-state index contributed by atoms with van der Waals surface area (Å²) in [5, 5.41) is 0.968. The fourth-order valence-corrected chi connectivity index (χ4v) is 5.44. The first kappa shape index (κ1) is 17.8. The van der Waals surface area contributed by atoms with Crippen molar-refractivity contribution in [2.75, 3.05) is 26.2 Å². The molecule has 1 amide bonds. The van der Waals surface area contributed by atoms with Crippen LogP contribution in [0.4, 0.5) is 0 Å². The Bertz CT molecular complexity index is 1060. The van der Waals surface area contributed by atoms with Crippen LogP contribution in [-0.4, -0.2) is 52.9 Å². The molecule has 0 aliphatic carbocycles. The summed E-state index contributed by atoms with van der Waals surface area (Å²) < 4.78 is 0. The van der Waals surface area contributed by atoms with E-state index in [1.54, 1.807) is 11.3 Å². The quantitative estimate of drug-likeness (QED) is 0.645. The smallest absolute Gasteiger partial charge is 0.254 e. The zero-order valence-corrected chi connectivity index (χ0v) is 17.3. The van der Waals surface area contributed by atoms with Crippen LogP contribution in [-0.2, 0) is 0 Å². The summed E-state index contributed by atoms with van der Waals surface area (Å²) in [5.41, 5.74) is 3.75. The fraction of sp³-hybridized carbons (Fsp3) is 0.391. The summed E-state index contributed by atoms with van der Waals surface area (Å²) in [7, 11) is 0. The van der Waals surface area contributed by atoms with Gasteiger partial charge in [0.2, 0.25) is 0 Å². The maximum absolute atomic E-state index is 13.6. The number of carbonyl (C=O) groups is 1. The number of hydrogen-bond donors (Lipinski definition) is 0. The minimum absolute atomic E-state index is 0.152. The van der Waals surface area contributed by atoms with E-state index in [1.807, 2.05) is 18.2 Å².